The lowest BCUT2D eigenvalue weighted by molar-refractivity contribution is 0.0955. The van der Waals surface area contributed by atoms with Crippen LogP contribution in [-0.4, -0.2) is 21.7 Å². The summed E-state index contributed by atoms with van der Waals surface area (Å²) in [6, 6.07) is 13.0. The molecular formula is C22H22N4O2. The molecule has 0 fully saturated rings. The number of aryl methyl sites for hydroxylation is 1. The van der Waals surface area contributed by atoms with Crippen molar-refractivity contribution in [2.45, 2.75) is 39.2 Å². The number of carbonyl (C=O) groups is 1. The number of nitrogens with zero attached hydrogens (tertiary/aromatic N) is 3. The highest BCUT2D eigenvalue weighted by molar-refractivity contribution is 5.98. The quantitative estimate of drug-likeness (QED) is 0.563. The van der Waals surface area contributed by atoms with Crippen molar-refractivity contribution in [1.29, 1.82) is 0 Å². The summed E-state index contributed by atoms with van der Waals surface area (Å²) < 4.78 is 1.72. The summed E-state index contributed by atoms with van der Waals surface area (Å²) in [5.41, 5.74) is 5.65. The van der Waals surface area contributed by atoms with Gasteiger partial charge in [0.25, 0.3) is 11.5 Å². The van der Waals surface area contributed by atoms with Crippen molar-refractivity contribution in [2.75, 3.05) is 0 Å². The minimum Gasteiger partial charge on any atom is -0.296 e. The molecule has 1 aromatic heterocycles. The Morgan fingerprint density at radius 1 is 1.21 bits per heavy atom. The van der Waals surface area contributed by atoms with Crippen LogP contribution in [0.15, 0.2) is 52.4 Å². The van der Waals surface area contributed by atoms with Crippen LogP contribution in [0.5, 0.6) is 0 Å². The van der Waals surface area contributed by atoms with E-state index in [9.17, 15) is 9.59 Å². The Hall–Kier alpha value is -3.28. The van der Waals surface area contributed by atoms with E-state index >= 15 is 0 Å². The van der Waals surface area contributed by atoms with E-state index in [4.69, 9.17) is 0 Å². The number of carbonyl (C=O) groups excluding carboxylic acids is 1. The second-order valence-electron chi connectivity index (χ2n) is 7.34. The van der Waals surface area contributed by atoms with Gasteiger partial charge in [-0.2, -0.15) is 5.10 Å². The van der Waals surface area contributed by atoms with Crippen molar-refractivity contribution in [3.63, 3.8) is 0 Å². The average Bonchev–Trinajstić information content (AvgIpc) is 3.17. The summed E-state index contributed by atoms with van der Waals surface area (Å²) in [6.45, 7) is 5.00. The second-order valence-corrected chi connectivity index (χ2v) is 7.34. The molecule has 1 aliphatic rings. The van der Waals surface area contributed by atoms with Gasteiger partial charge in [0.2, 0.25) is 0 Å². The normalized spacial score (nSPS) is 13.4. The molecule has 0 atom stereocenters. The largest absolute Gasteiger partial charge is 0.296 e. The minimum absolute atomic E-state index is 0.0349. The van der Waals surface area contributed by atoms with Gasteiger partial charge in [-0.05, 0) is 41.7 Å². The Bertz CT molecular complexity index is 1130. The van der Waals surface area contributed by atoms with Crippen LogP contribution in [0, 0.1) is 0 Å². The van der Waals surface area contributed by atoms with E-state index in [1.165, 1.54) is 5.56 Å². The Kier molecular flexibility index (Phi) is 4.77. The van der Waals surface area contributed by atoms with Crippen molar-refractivity contribution in [3.8, 4) is 0 Å². The van der Waals surface area contributed by atoms with Crippen molar-refractivity contribution in [1.82, 2.24) is 15.0 Å². The number of rotatable bonds is 4. The summed E-state index contributed by atoms with van der Waals surface area (Å²) in [7, 11) is 0. The van der Waals surface area contributed by atoms with Gasteiger partial charge in [0.05, 0.1) is 17.1 Å². The van der Waals surface area contributed by atoms with Crippen LogP contribution in [0.25, 0.3) is 10.9 Å². The van der Waals surface area contributed by atoms with Gasteiger partial charge in [-0.1, -0.05) is 38.1 Å². The van der Waals surface area contributed by atoms with Crippen molar-refractivity contribution in [3.05, 3.63) is 75.3 Å². The van der Waals surface area contributed by atoms with Gasteiger partial charge >= 0.3 is 0 Å². The topological polar surface area (TPSA) is 76.3 Å². The Labute approximate surface area is 162 Å². The lowest BCUT2D eigenvalue weighted by Gasteiger charge is -2.06. The number of hydrogen-bond acceptors (Lipinski definition) is 4. The van der Waals surface area contributed by atoms with Crippen LogP contribution >= 0.6 is 0 Å². The van der Waals surface area contributed by atoms with Gasteiger partial charge in [-0.3, -0.25) is 14.2 Å². The number of aromatic nitrogens is 2. The summed E-state index contributed by atoms with van der Waals surface area (Å²) in [4.78, 5) is 29.5. The number of nitrogens with one attached hydrogen (secondary N) is 1. The number of hydrazone groups is 1. The van der Waals surface area contributed by atoms with E-state index in [1.807, 2.05) is 12.1 Å². The average molecular weight is 374 g/mol. The molecular weight excluding hydrogens is 352 g/mol. The first-order valence-corrected chi connectivity index (χ1v) is 9.50. The van der Waals surface area contributed by atoms with Crippen molar-refractivity contribution in [2.24, 2.45) is 5.10 Å². The first-order chi connectivity index (χ1) is 13.5. The Morgan fingerprint density at radius 3 is 2.75 bits per heavy atom. The van der Waals surface area contributed by atoms with Crippen LogP contribution in [0.1, 0.15) is 53.5 Å². The summed E-state index contributed by atoms with van der Waals surface area (Å²) in [5, 5.41) is 4.58. The molecule has 0 unspecified atom stereocenters. The summed E-state index contributed by atoms with van der Waals surface area (Å²) >= 11 is 0. The van der Waals surface area contributed by atoms with Crippen LogP contribution < -0.4 is 11.0 Å². The van der Waals surface area contributed by atoms with Gasteiger partial charge < -0.3 is 0 Å². The van der Waals surface area contributed by atoms with E-state index in [1.54, 1.807) is 29.0 Å². The van der Waals surface area contributed by atoms with Gasteiger partial charge in [0, 0.05) is 18.5 Å². The van der Waals surface area contributed by atoms with Crippen LogP contribution in [0.2, 0.25) is 0 Å². The minimum atomic E-state index is -0.334. The summed E-state index contributed by atoms with van der Waals surface area (Å²) in [5.74, 6) is 0.929. The van der Waals surface area contributed by atoms with Gasteiger partial charge in [-0.15, -0.1) is 0 Å². The molecule has 2 aromatic carbocycles. The molecule has 0 bridgehead atoms. The van der Waals surface area contributed by atoms with Gasteiger partial charge in [-0.25, -0.2) is 10.4 Å². The zero-order valence-corrected chi connectivity index (χ0v) is 16.0. The molecule has 28 heavy (non-hydrogen) atoms. The molecule has 142 valence electrons. The number of fused-ring (bicyclic) bond motifs is 2. The molecule has 1 N–H and O–H groups in total. The third-order valence-corrected chi connectivity index (χ3v) is 5.06. The lowest BCUT2D eigenvalue weighted by atomic mass is 10.0. The van der Waals surface area contributed by atoms with E-state index in [-0.39, 0.29) is 11.5 Å². The third-order valence-electron chi connectivity index (χ3n) is 5.06. The van der Waals surface area contributed by atoms with Gasteiger partial charge in [0.15, 0.2) is 0 Å². The van der Waals surface area contributed by atoms with E-state index in [2.05, 4.69) is 41.5 Å². The molecule has 4 rings (SSSR count). The fourth-order valence-corrected chi connectivity index (χ4v) is 3.42. The lowest BCUT2D eigenvalue weighted by Crippen LogP contribution is -2.22. The number of amides is 1. The standard InChI is InChI=1S/C22H22N4O2/c1-14(2)16-7-5-15(6-8-16)13-23-25-21(27)17-9-10-18-19(12-17)24-20-4-3-11-26(20)22(18)28/h5-10,12-14H,3-4,11H2,1-2H3,(H,25,27)/b23-13-. The first kappa shape index (κ1) is 18.1. The maximum absolute atomic E-state index is 12.5. The maximum atomic E-state index is 12.5. The number of hydrogen-bond donors (Lipinski definition) is 1. The summed E-state index contributed by atoms with van der Waals surface area (Å²) in [6.07, 6.45) is 3.33. The Morgan fingerprint density at radius 2 is 2.00 bits per heavy atom. The molecule has 0 spiro atoms. The molecule has 0 aliphatic carbocycles. The van der Waals surface area contributed by atoms with Crippen LogP contribution in [-0.2, 0) is 13.0 Å². The monoisotopic (exact) mass is 374 g/mol. The van der Waals surface area contributed by atoms with Gasteiger partial charge in [0.1, 0.15) is 5.82 Å². The molecule has 1 aliphatic heterocycles. The highest BCUT2D eigenvalue weighted by atomic mass is 16.2. The predicted molar refractivity (Wildman–Crippen MR) is 110 cm³/mol. The number of benzene rings is 2. The van der Waals surface area contributed by atoms with E-state index in [0.29, 0.717) is 28.9 Å². The first-order valence-electron chi connectivity index (χ1n) is 9.50. The smallest absolute Gasteiger partial charge is 0.271 e. The Balaban J connectivity index is 1.51. The third kappa shape index (κ3) is 3.45. The highest BCUT2D eigenvalue weighted by Gasteiger charge is 2.17. The SMILES string of the molecule is CC(C)c1ccc(/C=N\NC(=O)c2ccc3c(=O)n4c(nc3c2)CCC4)cc1. The fourth-order valence-electron chi connectivity index (χ4n) is 3.42. The molecule has 0 saturated carbocycles. The second kappa shape index (κ2) is 7.38. The van der Waals surface area contributed by atoms with Crippen molar-refractivity contribution >= 4 is 23.0 Å². The molecule has 0 saturated heterocycles. The maximum Gasteiger partial charge on any atom is 0.271 e. The van der Waals surface area contributed by atoms with Crippen LogP contribution in [0.3, 0.4) is 0 Å². The molecule has 6 heteroatoms. The van der Waals surface area contributed by atoms with Crippen LogP contribution in [0.4, 0.5) is 0 Å². The molecule has 6 nitrogen and oxygen atoms in total. The predicted octanol–water partition coefficient (Wildman–Crippen LogP) is 3.23. The van der Waals surface area contributed by atoms with Crippen molar-refractivity contribution < 1.29 is 4.79 Å². The molecule has 3 aromatic rings. The molecule has 2 heterocycles. The molecule has 1 amide bonds. The zero-order chi connectivity index (χ0) is 19.7. The van der Waals surface area contributed by atoms with E-state index in [0.717, 1.165) is 24.2 Å². The van der Waals surface area contributed by atoms with E-state index < -0.39 is 0 Å². The molecule has 0 radical (unpaired) electrons. The highest BCUT2D eigenvalue weighted by Crippen LogP contribution is 2.16. The fraction of sp³-hybridized carbons (Fsp3) is 0.273. The zero-order valence-electron chi connectivity index (χ0n) is 16.0.